The number of nitrogens with zero attached hydrogens (tertiary/aromatic N) is 1. The first-order valence-electron chi connectivity index (χ1n) is 5.43. The Hall–Kier alpha value is -1.42. The third kappa shape index (κ3) is 1.80. The summed E-state index contributed by atoms with van der Waals surface area (Å²) in [4.78, 5) is 16.2. The summed E-state index contributed by atoms with van der Waals surface area (Å²) in [6.07, 6.45) is 4.35. The van der Waals surface area contributed by atoms with Crippen molar-refractivity contribution in [2.75, 3.05) is 7.11 Å². The molecule has 1 aliphatic rings. The SMILES string of the molecule is COc1cccnc1C(=O)C1(O)CCCC1. The van der Waals surface area contributed by atoms with Crippen molar-refractivity contribution in [3.63, 3.8) is 0 Å². The fourth-order valence-electron chi connectivity index (χ4n) is 2.13. The molecule has 4 heteroatoms. The lowest BCUT2D eigenvalue weighted by molar-refractivity contribution is 0.0345. The zero-order chi connectivity index (χ0) is 11.6. The van der Waals surface area contributed by atoms with Crippen molar-refractivity contribution >= 4 is 5.78 Å². The van der Waals surface area contributed by atoms with E-state index >= 15 is 0 Å². The molecule has 0 amide bonds. The number of rotatable bonds is 3. The summed E-state index contributed by atoms with van der Waals surface area (Å²) in [5, 5.41) is 10.2. The van der Waals surface area contributed by atoms with Crippen LogP contribution in [0, 0.1) is 0 Å². The lowest BCUT2D eigenvalue weighted by Gasteiger charge is -2.20. The van der Waals surface area contributed by atoms with Crippen LogP contribution in [-0.4, -0.2) is 28.6 Å². The first-order chi connectivity index (χ1) is 7.67. The van der Waals surface area contributed by atoms with Gasteiger partial charge in [0, 0.05) is 6.20 Å². The molecular formula is C12H15NO3. The summed E-state index contributed by atoms with van der Waals surface area (Å²) in [6.45, 7) is 0. The molecule has 4 nitrogen and oxygen atoms in total. The van der Waals surface area contributed by atoms with Gasteiger partial charge in [0.1, 0.15) is 11.4 Å². The minimum Gasteiger partial charge on any atom is -0.494 e. The van der Waals surface area contributed by atoms with Crippen LogP contribution in [0.15, 0.2) is 18.3 Å². The minimum atomic E-state index is -1.23. The molecule has 1 N–H and O–H groups in total. The van der Waals surface area contributed by atoms with Crippen LogP contribution in [0.2, 0.25) is 0 Å². The smallest absolute Gasteiger partial charge is 0.216 e. The van der Waals surface area contributed by atoms with Gasteiger partial charge in [0.15, 0.2) is 5.69 Å². The number of Topliss-reactive ketones (excluding diaryl/α,β-unsaturated/α-hetero) is 1. The van der Waals surface area contributed by atoms with E-state index in [0.29, 0.717) is 18.6 Å². The molecule has 0 aromatic carbocycles. The highest BCUT2D eigenvalue weighted by molar-refractivity contribution is 6.02. The van der Waals surface area contributed by atoms with E-state index in [4.69, 9.17) is 4.74 Å². The number of ether oxygens (including phenoxy) is 1. The quantitative estimate of drug-likeness (QED) is 0.787. The van der Waals surface area contributed by atoms with Crippen LogP contribution in [0.25, 0.3) is 0 Å². The van der Waals surface area contributed by atoms with Crippen LogP contribution in [0.1, 0.15) is 36.2 Å². The van der Waals surface area contributed by atoms with Crippen molar-refractivity contribution in [3.8, 4) is 5.75 Å². The molecule has 0 saturated heterocycles. The van der Waals surface area contributed by atoms with Gasteiger partial charge in [-0.25, -0.2) is 4.98 Å². The summed E-state index contributed by atoms with van der Waals surface area (Å²) in [5.41, 5.74) is -1.00. The van der Waals surface area contributed by atoms with E-state index in [9.17, 15) is 9.90 Å². The second kappa shape index (κ2) is 4.22. The predicted molar refractivity (Wildman–Crippen MR) is 58.5 cm³/mol. The normalized spacial score (nSPS) is 18.4. The summed E-state index contributed by atoms with van der Waals surface area (Å²) in [5.74, 6) is 0.107. The van der Waals surface area contributed by atoms with Gasteiger partial charge in [0.2, 0.25) is 5.78 Å². The van der Waals surface area contributed by atoms with Gasteiger partial charge >= 0.3 is 0 Å². The number of ketones is 1. The molecule has 0 aliphatic heterocycles. The van der Waals surface area contributed by atoms with Gasteiger partial charge in [0.25, 0.3) is 0 Å². The predicted octanol–water partition coefficient (Wildman–Crippen LogP) is 1.58. The number of hydrogen-bond donors (Lipinski definition) is 1. The van der Waals surface area contributed by atoms with Gasteiger partial charge < -0.3 is 9.84 Å². The molecule has 0 bridgehead atoms. The van der Waals surface area contributed by atoms with Crippen LogP contribution >= 0.6 is 0 Å². The van der Waals surface area contributed by atoms with Gasteiger partial charge in [-0.05, 0) is 37.8 Å². The van der Waals surface area contributed by atoms with Gasteiger partial charge in [0.05, 0.1) is 7.11 Å². The maximum Gasteiger partial charge on any atom is 0.216 e. The Bertz CT molecular complexity index is 397. The molecule has 1 fully saturated rings. The molecule has 1 saturated carbocycles. The molecule has 0 unspecified atom stereocenters. The van der Waals surface area contributed by atoms with E-state index in [1.54, 1.807) is 12.1 Å². The Morgan fingerprint density at radius 1 is 1.50 bits per heavy atom. The molecule has 0 spiro atoms. The molecule has 0 radical (unpaired) electrons. The molecule has 1 aromatic rings. The van der Waals surface area contributed by atoms with Crippen molar-refractivity contribution in [2.24, 2.45) is 0 Å². The van der Waals surface area contributed by atoms with Crippen molar-refractivity contribution in [1.82, 2.24) is 4.98 Å². The highest BCUT2D eigenvalue weighted by atomic mass is 16.5. The van der Waals surface area contributed by atoms with Crippen molar-refractivity contribution in [1.29, 1.82) is 0 Å². The van der Waals surface area contributed by atoms with Crippen LogP contribution in [0.4, 0.5) is 0 Å². The fraction of sp³-hybridized carbons (Fsp3) is 0.500. The van der Waals surface area contributed by atoms with Crippen LogP contribution in [0.3, 0.4) is 0 Å². The monoisotopic (exact) mass is 221 g/mol. The molecule has 1 aliphatic carbocycles. The van der Waals surface area contributed by atoms with Crippen molar-refractivity contribution in [3.05, 3.63) is 24.0 Å². The largest absolute Gasteiger partial charge is 0.494 e. The molecular weight excluding hydrogens is 206 g/mol. The number of aliphatic hydroxyl groups is 1. The third-order valence-electron chi connectivity index (χ3n) is 3.06. The Morgan fingerprint density at radius 2 is 2.19 bits per heavy atom. The second-order valence-electron chi connectivity index (χ2n) is 4.12. The average Bonchev–Trinajstić information content (AvgIpc) is 2.76. The Balaban J connectivity index is 2.33. The number of pyridine rings is 1. The topological polar surface area (TPSA) is 59.4 Å². The summed E-state index contributed by atoms with van der Waals surface area (Å²) < 4.78 is 5.08. The molecule has 16 heavy (non-hydrogen) atoms. The Labute approximate surface area is 94.3 Å². The summed E-state index contributed by atoms with van der Waals surface area (Å²) in [7, 11) is 1.49. The van der Waals surface area contributed by atoms with Gasteiger partial charge in [-0.1, -0.05) is 0 Å². The Morgan fingerprint density at radius 3 is 2.81 bits per heavy atom. The lowest BCUT2D eigenvalue weighted by Crippen LogP contribution is -2.36. The molecule has 1 aromatic heterocycles. The van der Waals surface area contributed by atoms with E-state index in [0.717, 1.165) is 12.8 Å². The highest BCUT2D eigenvalue weighted by Gasteiger charge is 2.41. The second-order valence-corrected chi connectivity index (χ2v) is 4.12. The zero-order valence-corrected chi connectivity index (χ0v) is 9.27. The van der Waals surface area contributed by atoms with Crippen LogP contribution < -0.4 is 4.74 Å². The van der Waals surface area contributed by atoms with Crippen LogP contribution in [0.5, 0.6) is 5.75 Å². The van der Waals surface area contributed by atoms with Gasteiger partial charge in [-0.3, -0.25) is 4.79 Å². The van der Waals surface area contributed by atoms with E-state index in [2.05, 4.69) is 4.98 Å². The first kappa shape index (κ1) is 11.1. The van der Waals surface area contributed by atoms with E-state index in [-0.39, 0.29) is 11.5 Å². The molecule has 86 valence electrons. The molecule has 1 heterocycles. The zero-order valence-electron chi connectivity index (χ0n) is 9.27. The maximum atomic E-state index is 12.2. The number of carbonyl (C=O) groups excluding carboxylic acids is 1. The molecule has 0 atom stereocenters. The fourth-order valence-corrected chi connectivity index (χ4v) is 2.13. The number of hydrogen-bond acceptors (Lipinski definition) is 4. The number of aromatic nitrogens is 1. The van der Waals surface area contributed by atoms with Gasteiger partial charge in [-0.2, -0.15) is 0 Å². The van der Waals surface area contributed by atoms with Crippen molar-refractivity contribution < 1.29 is 14.6 Å². The first-order valence-corrected chi connectivity index (χ1v) is 5.43. The summed E-state index contributed by atoms with van der Waals surface area (Å²) in [6, 6.07) is 3.38. The highest BCUT2D eigenvalue weighted by Crippen LogP contribution is 2.33. The number of methoxy groups -OCH3 is 1. The summed E-state index contributed by atoms with van der Waals surface area (Å²) >= 11 is 0. The number of carbonyl (C=O) groups is 1. The van der Waals surface area contributed by atoms with Crippen LogP contribution in [-0.2, 0) is 0 Å². The lowest BCUT2D eigenvalue weighted by atomic mass is 9.94. The van der Waals surface area contributed by atoms with E-state index in [1.807, 2.05) is 0 Å². The van der Waals surface area contributed by atoms with E-state index < -0.39 is 5.60 Å². The minimum absolute atomic E-state index is 0.231. The standard InChI is InChI=1S/C12H15NO3/c1-16-9-5-4-8-13-10(9)11(14)12(15)6-2-3-7-12/h4-5,8,15H,2-3,6-7H2,1H3. The van der Waals surface area contributed by atoms with Crippen molar-refractivity contribution in [2.45, 2.75) is 31.3 Å². The Kier molecular flexibility index (Phi) is 2.92. The van der Waals surface area contributed by atoms with Gasteiger partial charge in [-0.15, -0.1) is 0 Å². The van der Waals surface area contributed by atoms with E-state index in [1.165, 1.54) is 13.3 Å². The average molecular weight is 221 g/mol. The maximum absolute atomic E-state index is 12.2. The third-order valence-corrected chi connectivity index (χ3v) is 3.06. The molecule has 2 rings (SSSR count).